The molecule has 0 saturated heterocycles. The van der Waals surface area contributed by atoms with E-state index in [0.29, 0.717) is 11.1 Å². The van der Waals surface area contributed by atoms with E-state index in [4.69, 9.17) is 0 Å². The Labute approximate surface area is 159 Å². The largest absolute Gasteiger partial charge is 0.379 e. The number of benzene rings is 3. The summed E-state index contributed by atoms with van der Waals surface area (Å²) in [5.74, 6) is -2.63. The standard InChI is InChI=1S/C21H15FN2O4/c22-21(19(23-28-20(21)25)15-7-2-1-3-8-15)18(13-24(26)27)17-11-10-14-6-4-5-9-16(14)12-17/h1-12,18H,13H2/t18-,21+/m1/s1. The first-order valence-corrected chi connectivity index (χ1v) is 8.65. The maximum atomic E-state index is 16.3. The number of halogens is 1. The summed E-state index contributed by atoms with van der Waals surface area (Å²) in [6.07, 6.45) is 0. The molecule has 2 atom stereocenters. The van der Waals surface area contributed by atoms with Crippen LogP contribution in [0.3, 0.4) is 0 Å². The fraction of sp³-hybridized carbons (Fsp3) is 0.143. The average molecular weight is 378 g/mol. The summed E-state index contributed by atoms with van der Waals surface area (Å²) >= 11 is 0. The minimum absolute atomic E-state index is 0.252. The summed E-state index contributed by atoms with van der Waals surface area (Å²) < 4.78 is 16.3. The third-order valence-electron chi connectivity index (χ3n) is 4.90. The van der Waals surface area contributed by atoms with Crippen LogP contribution in [0.5, 0.6) is 0 Å². The van der Waals surface area contributed by atoms with Crippen molar-refractivity contribution in [3.05, 3.63) is 94.0 Å². The number of oxime groups is 1. The normalized spacial score (nSPS) is 19.9. The van der Waals surface area contributed by atoms with E-state index in [2.05, 4.69) is 9.99 Å². The maximum Gasteiger partial charge on any atom is 0.379 e. The Balaban J connectivity index is 1.86. The highest BCUT2D eigenvalue weighted by molar-refractivity contribution is 6.21. The van der Waals surface area contributed by atoms with Gasteiger partial charge >= 0.3 is 5.97 Å². The molecule has 0 aliphatic carbocycles. The fourth-order valence-corrected chi connectivity index (χ4v) is 3.52. The van der Waals surface area contributed by atoms with E-state index in [9.17, 15) is 14.9 Å². The van der Waals surface area contributed by atoms with Crippen LogP contribution in [0.15, 0.2) is 78.0 Å². The first-order chi connectivity index (χ1) is 13.5. The molecular formula is C21H15FN2O4. The Kier molecular flexibility index (Phi) is 4.35. The number of rotatable bonds is 5. The quantitative estimate of drug-likeness (QED) is 0.383. The number of alkyl halides is 1. The first kappa shape index (κ1) is 17.8. The van der Waals surface area contributed by atoms with E-state index in [1.807, 2.05) is 24.3 Å². The SMILES string of the molecule is O=C1ON=C(c2ccccc2)[C@@]1(F)[C@H](C[N+](=O)[O-])c1ccc2ccccc2c1. The number of hydrogen-bond donors (Lipinski definition) is 0. The number of hydrogen-bond acceptors (Lipinski definition) is 5. The molecule has 0 saturated carbocycles. The predicted octanol–water partition coefficient (Wildman–Crippen LogP) is 3.87. The highest BCUT2D eigenvalue weighted by atomic mass is 19.1. The Morgan fingerprint density at radius 3 is 2.43 bits per heavy atom. The van der Waals surface area contributed by atoms with Gasteiger partial charge in [0, 0.05) is 10.5 Å². The molecule has 0 unspecified atom stereocenters. The highest BCUT2D eigenvalue weighted by Crippen LogP contribution is 2.40. The van der Waals surface area contributed by atoms with Crippen molar-refractivity contribution >= 4 is 22.5 Å². The van der Waals surface area contributed by atoms with Gasteiger partial charge in [-0.3, -0.25) is 10.1 Å². The van der Waals surface area contributed by atoms with Crippen molar-refractivity contribution in [3.63, 3.8) is 0 Å². The van der Waals surface area contributed by atoms with E-state index in [-0.39, 0.29) is 5.71 Å². The summed E-state index contributed by atoms with van der Waals surface area (Å²) in [6, 6.07) is 20.6. The van der Waals surface area contributed by atoms with Gasteiger partial charge in [0.1, 0.15) is 5.71 Å². The van der Waals surface area contributed by atoms with Gasteiger partial charge in [-0.25, -0.2) is 9.18 Å². The van der Waals surface area contributed by atoms with Gasteiger partial charge in [0.15, 0.2) is 0 Å². The number of nitrogens with zero attached hydrogens (tertiary/aromatic N) is 2. The lowest BCUT2D eigenvalue weighted by molar-refractivity contribution is -0.485. The van der Waals surface area contributed by atoms with Crippen molar-refractivity contribution < 1.29 is 18.9 Å². The zero-order valence-corrected chi connectivity index (χ0v) is 14.6. The smallest absolute Gasteiger partial charge is 0.314 e. The molecule has 0 spiro atoms. The number of fused-ring (bicyclic) bond motifs is 1. The van der Waals surface area contributed by atoms with Crippen LogP contribution in [0, 0.1) is 10.1 Å². The third kappa shape index (κ3) is 2.90. The molecule has 1 aliphatic heterocycles. The average Bonchev–Trinajstić information content (AvgIpc) is 3.01. The topological polar surface area (TPSA) is 81.8 Å². The van der Waals surface area contributed by atoms with Crippen LogP contribution in [-0.2, 0) is 9.63 Å². The highest BCUT2D eigenvalue weighted by Gasteiger charge is 2.59. The lowest BCUT2D eigenvalue weighted by atomic mass is 9.78. The second kappa shape index (κ2) is 6.84. The van der Waals surface area contributed by atoms with Gasteiger partial charge in [-0.2, -0.15) is 0 Å². The monoisotopic (exact) mass is 378 g/mol. The van der Waals surface area contributed by atoms with Crippen LogP contribution in [0.1, 0.15) is 17.0 Å². The summed E-state index contributed by atoms with van der Waals surface area (Å²) in [5, 5.41) is 16.7. The van der Waals surface area contributed by atoms with Crippen LogP contribution in [0.2, 0.25) is 0 Å². The molecule has 3 aromatic carbocycles. The molecule has 0 bridgehead atoms. The van der Waals surface area contributed by atoms with Crippen LogP contribution in [0.4, 0.5) is 4.39 Å². The van der Waals surface area contributed by atoms with Crippen LogP contribution in [-0.4, -0.2) is 28.8 Å². The van der Waals surface area contributed by atoms with Crippen molar-refractivity contribution in [1.29, 1.82) is 0 Å². The minimum atomic E-state index is -2.77. The third-order valence-corrected chi connectivity index (χ3v) is 4.90. The van der Waals surface area contributed by atoms with E-state index < -0.39 is 29.0 Å². The molecule has 0 N–H and O–H groups in total. The number of nitro groups is 1. The van der Waals surface area contributed by atoms with E-state index in [1.54, 1.807) is 48.5 Å². The lowest BCUT2D eigenvalue weighted by Gasteiger charge is -2.25. The molecule has 28 heavy (non-hydrogen) atoms. The van der Waals surface area contributed by atoms with Crippen LogP contribution in [0.25, 0.3) is 10.8 Å². The molecule has 0 amide bonds. The summed E-state index contributed by atoms with van der Waals surface area (Å²) in [7, 11) is 0. The molecule has 0 aromatic heterocycles. The predicted molar refractivity (Wildman–Crippen MR) is 101 cm³/mol. The second-order valence-electron chi connectivity index (χ2n) is 6.57. The van der Waals surface area contributed by atoms with Gasteiger partial charge in [0.2, 0.25) is 6.54 Å². The molecule has 3 aromatic rings. The van der Waals surface area contributed by atoms with Crippen molar-refractivity contribution in [1.82, 2.24) is 0 Å². The second-order valence-corrected chi connectivity index (χ2v) is 6.57. The van der Waals surface area contributed by atoms with Gasteiger partial charge in [-0.15, -0.1) is 0 Å². The lowest BCUT2D eigenvalue weighted by Crippen LogP contribution is -2.47. The molecule has 1 aliphatic rings. The Morgan fingerprint density at radius 2 is 1.71 bits per heavy atom. The van der Waals surface area contributed by atoms with Gasteiger partial charge in [0.25, 0.3) is 5.67 Å². The van der Waals surface area contributed by atoms with Gasteiger partial charge in [-0.1, -0.05) is 78.0 Å². The molecule has 0 radical (unpaired) electrons. The molecule has 7 heteroatoms. The van der Waals surface area contributed by atoms with E-state index in [0.717, 1.165) is 10.8 Å². The van der Waals surface area contributed by atoms with Crippen molar-refractivity contribution in [2.24, 2.45) is 5.16 Å². The molecule has 4 rings (SSSR count). The number of carbonyl (C=O) groups is 1. The summed E-state index contributed by atoms with van der Waals surface area (Å²) in [5.41, 5.74) is -2.35. The van der Waals surface area contributed by atoms with Gasteiger partial charge in [-0.05, 0) is 16.3 Å². The van der Waals surface area contributed by atoms with Gasteiger partial charge < -0.3 is 4.84 Å². The minimum Gasteiger partial charge on any atom is -0.314 e. The zero-order chi connectivity index (χ0) is 19.7. The Morgan fingerprint density at radius 1 is 1.04 bits per heavy atom. The van der Waals surface area contributed by atoms with E-state index in [1.165, 1.54) is 0 Å². The molecule has 0 fully saturated rings. The van der Waals surface area contributed by atoms with Crippen molar-refractivity contribution in [2.75, 3.05) is 6.54 Å². The summed E-state index contributed by atoms with van der Waals surface area (Å²) in [6.45, 7) is -0.782. The van der Waals surface area contributed by atoms with Gasteiger partial charge in [0.05, 0.1) is 5.92 Å². The molecule has 6 nitrogen and oxygen atoms in total. The molecule has 1 heterocycles. The Bertz CT molecular complexity index is 1100. The molecular weight excluding hydrogens is 363 g/mol. The van der Waals surface area contributed by atoms with E-state index >= 15 is 4.39 Å². The van der Waals surface area contributed by atoms with Crippen molar-refractivity contribution in [2.45, 2.75) is 11.6 Å². The fourth-order valence-electron chi connectivity index (χ4n) is 3.52. The summed E-state index contributed by atoms with van der Waals surface area (Å²) in [4.78, 5) is 27.8. The Hall–Kier alpha value is -3.61. The number of carbonyl (C=O) groups excluding carboxylic acids is 1. The van der Waals surface area contributed by atoms with Crippen LogP contribution < -0.4 is 0 Å². The maximum absolute atomic E-state index is 16.3. The molecule has 140 valence electrons. The first-order valence-electron chi connectivity index (χ1n) is 8.65. The van der Waals surface area contributed by atoms with Crippen LogP contribution >= 0.6 is 0 Å². The zero-order valence-electron chi connectivity index (χ0n) is 14.6. The van der Waals surface area contributed by atoms with Crippen molar-refractivity contribution in [3.8, 4) is 0 Å².